The topological polar surface area (TPSA) is 40.6 Å². The van der Waals surface area contributed by atoms with Gasteiger partial charge in [0, 0.05) is 13.1 Å². The van der Waals surface area contributed by atoms with E-state index in [1.54, 1.807) is 0 Å². The van der Waals surface area contributed by atoms with Gasteiger partial charge >= 0.3 is 0 Å². The van der Waals surface area contributed by atoms with Gasteiger partial charge in [0.25, 0.3) is 0 Å². The van der Waals surface area contributed by atoms with Gasteiger partial charge in [-0.1, -0.05) is 6.92 Å². The maximum absolute atomic E-state index is 12.8. The first kappa shape index (κ1) is 14.2. The molecule has 3 rings (SSSR count). The summed E-state index contributed by atoms with van der Waals surface area (Å²) < 4.78 is 0. The van der Waals surface area contributed by atoms with Crippen molar-refractivity contribution in [2.75, 3.05) is 24.6 Å². The van der Waals surface area contributed by atoms with Crippen LogP contribution in [-0.4, -0.2) is 58.3 Å². The van der Waals surface area contributed by atoms with Gasteiger partial charge in [-0.2, -0.15) is 11.8 Å². The Morgan fingerprint density at radius 1 is 1.20 bits per heavy atom. The van der Waals surface area contributed by atoms with E-state index in [4.69, 9.17) is 0 Å². The van der Waals surface area contributed by atoms with Crippen molar-refractivity contribution < 1.29 is 9.59 Å². The summed E-state index contributed by atoms with van der Waals surface area (Å²) in [5.41, 5.74) is 0. The van der Waals surface area contributed by atoms with Gasteiger partial charge in [0.1, 0.15) is 12.1 Å². The number of nitrogens with zero attached hydrogens (tertiary/aromatic N) is 2. The predicted molar refractivity (Wildman–Crippen MR) is 80.6 cm³/mol. The number of fused-ring (bicyclic) bond motifs is 1. The standard InChI is InChI=1S/C15H24N2O2S/c1-2-12-14(18)16-7-4-3-5-13(16)15(19)17(12)9-11-6-8-20-10-11/h11-13H,2-10H2,1H3. The molecule has 3 fully saturated rings. The molecule has 112 valence electrons. The first-order valence-electron chi connectivity index (χ1n) is 7.91. The minimum atomic E-state index is -0.206. The number of carbonyl (C=O) groups excluding carboxylic acids is 2. The SMILES string of the molecule is CCC1C(=O)N2CCCCC2C(=O)N1CC1CCSC1. The molecule has 20 heavy (non-hydrogen) atoms. The molecule has 0 saturated carbocycles. The van der Waals surface area contributed by atoms with Crippen LogP contribution in [0.15, 0.2) is 0 Å². The van der Waals surface area contributed by atoms with Crippen LogP contribution in [0, 0.1) is 5.92 Å². The van der Waals surface area contributed by atoms with E-state index in [9.17, 15) is 9.59 Å². The van der Waals surface area contributed by atoms with Gasteiger partial charge in [-0.15, -0.1) is 0 Å². The van der Waals surface area contributed by atoms with E-state index in [0.29, 0.717) is 5.92 Å². The number of thioether (sulfide) groups is 1. The highest BCUT2D eigenvalue weighted by Crippen LogP contribution is 2.31. The maximum Gasteiger partial charge on any atom is 0.246 e. The Bertz CT molecular complexity index is 395. The van der Waals surface area contributed by atoms with Gasteiger partial charge in [-0.25, -0.2) is 0 Å². The highest BCUT2D eigenvalue weighted by atomic mass is 32.2. The van der Waals surface area contributed by atoms with Gasteiger partial charge in [-0.05, 0) is 49.5 Å². The molecule has 0 N–H and O–H groups in total. The molecule has 0 radical (unpaired) electrons. The van der Waals surface area contributed by atoms with Crippen molar-refractivity contribution in [1.29, 1.82) is 0 Å². The van der Waals surface area contributed by atoms with Crippen molar-refractivity contribution in [2.24, 2.45) is 5.92 Å². The first-order valence-corrected chi connectivity index (χ1v) is 9.06. The molecule has 3 unspecified atom stereocenters. The van der Waals surface area contributed by atoms with E-state index < -0.39 is 0 Å². The summed E-state index contributed by atoms with van der Waals surface area (Å²) in [7, 11) is 0. The molecule has 0 bridgehead atoms. The fourth-order valence-electron chi connectivity index (χ4n) is 3.74. The van der Waals surface area contributed by atoms with E-state index in [-0.39, 0.29) is 23.9 Å². The van der Waals surface area contributed by atoms with Crippen LogP contribution in [0.25, 0.3) is 0 Å². The zero-order valence-corrected chi connectivity index (χ0v) is 13.0. The quantitative estimate of drug-likeness (QED) is 0.796. The largest absolute Gasteiger partial charge is 0.329 e. The summed E-state index contributed by atoms with van der Waals surface area (Å²) in [5.74, 6) is 3.34. The predicted octanol–water partition coefficient (Wildman–Crippen LogP) is 1.74. The molecule has 2 amide bonds. The average molecular weight is 296 g/mol. The molecule has 4 nitrogen and oxygen atoms in total. The van der Waals surface area contributed by atoms with Crippen molar-refractivity contribution in [2.45, 2.75) is 51.1 Å². The highest BCUT2D eigenvalue weighted by Gasteiger charge is 2.46. The lowest BCUT2D eigenvalue weighted by Gasteiger charge is -2.47. The Labute approximate surface area is 125 Å². The lowest BCUT2D eigenvalue weighted by molar-refractivity contribution is -0.164. The summed E-state index contributed by atoms with van der Waals surface area (Å²) >= 11 is 1.97. The van der Waals surface area contributed by atoms with Gasteiger partial charge in [0.05, 0.1) is 0 Å². The molecule has 5 heteroatoms. The zero-order valence-electron chi connectivity index (χ0n) is 12.2. The number of piperidine rings is 1. The Morgan fingerprint density at radius 2 is 2.05 bits per heavy atom. The van der Waals surface area contributed by atoms with Crippen molar-refractivity contribution in [3.05, 3.63) is 0 Å². The fourth-order valence-corrected chi connectivity index (χ4v) is 5.01. The molecular weight excluding hydrogens is 272 g/mol. The Morgan fingerprint density at radius 3 is 2.75 bits per heavy atom. The second-order valence-electron chi connectivity index (χ2n) is 6.19. The minimum absolute atomic E-state index is 0.159. The second kappa shape index (κ2) is 5.96. The molecule has 3 aliphatic rings. The van der Waals surface area contributed by atoms with Gasteiger partial charge in [0.2, 0.25) is 11.8 Å². The second-order valence-corrected chi connectivity index (χ2v) is 7.34. The number of amides is 2. The van der Waals surface area contributed by atoms with E-state index in [1.807, 2.05) is 28.5 Å². The summed E-state index contributed by atoms with van der Waals surface area (Å²) in [6, 6.07) is -0.365. The summed E-state index contributed by atoms with van der Waals surface area (Å²) in [6.07, 6.45) is 4.91. The summed E-state index contributed by atoms with van der Waals surface area (Å²) in [5, 5.41) is 0. The highest BCUT2D eigenvalue weighted by molar-refractivity contribution is 7.99. The molecular formula is C15H24N2O2S. The fraction of sp³-hybridized carbons (Fsp3) is 0.867. The van der Waals surface area contributed by atoms with Crippen LogP contribution in [0.1, 0.15) is 39.0 Å². The van der Waals surface area contributed by atoms with Crippen LogP contribution in [0.2, 0.25) is 0 Å². The van der Waals surface area contributed by atoms with Crippen LogP contribution in [0.4, 0.5) is 0 Å². The number of piperazine rings is 1. The molecule has 3 heterocycles. The summed E-state index contributed by atoms with van der Waals surface area (Å²) in [6.45, 7) is 3.59. The molecule has 0 aromatic carbocycles. The molecule has 0 aromatic heterocycles. The third-order valence-electron chi connectivity index (χ3n) is 4.88. The monoisotopic (exact) mass is 296 g/mol. The smallest absolute Gasteiger partial charge is 0.246 e. The minimum Gasteiger partial charge on any atom is -0.329 e. The van der Waals surface area contributed by atoms with Crippen LogP contribution in [0.3, 0.4) is 0 Å². The van der Waals surface area contributed by atoms with Crippen LogP contribution in [0.5, 0.6) is 0 Å². The normalized spacial score (nSPS) is 34.5. The molecule has 0 aromatic rings. The summed E-state index contributed by atoms with van der Waals surface area (Å²) in [4.78, 5) is 29.2. The van der Waals surface area contributed by atoms with Crippen molar-refractivity contribution in [3.8, 4) is 0 Å². The van der Waals surface area contributed by atoms with E-state index in [0.717, 1.165) is 44.5 Å². The first-order chi connectivity index (χ1) is 9.72. The molecule has 3 atom stereocenters. The third-order valence-corrected chi connectivity index (χ3v) is 6.11. The molecule has 3 saturated heterocycles. The lowest BCUT2D eigenvalue weighted by atomic mass is 9.93. The average Bonchev–Trinajstić information content (AvgIpc) is 2.98. The Balaban J connectivity index is 1.78. The van der Waals surface area contributed by atoms with E-state index in [2.05, 4.69) is 0 Å². The third kappa shape index (κ3) is 2.45. The van der Waals surface area contributed by atoms with Gasteiger partial charge < -0.3 is 9.80 Å². The van der Waals surface area contributed by atoms with Crippen molar-refractivity contribution in [3.63, 3.8) is 0 Å². The van der Waals surface area contributed by atoms with Crippen LogP contribution >= 0.6 is 11.8 Å². The van der Waals surface area contributed by atoms with Crippen molar-refractivity contribution >= 4 is 23.6 Å². The lowest BCUT2D eigenvalue weighted by Crippen LogP contribution is -2.66. The Hall–Kier alpha value is -0.710. The zero-order chi connectivity index (χ0) is 14.1. The maximum atomic E-state index is 12.8. The van der Waals surface area contributed by atoms with Crippen molar-refractivity contribution in [1.82, 2.24) is 9.80 Å². The van der Waals surface area contributed by atoms with Gasteiger partial charge in [0.15, 0.2) is 0 Å². The van der Waals surface area contributed by atoms with Crippen LogP contribution in [-0.2, 0) is 9.59 Å². The number of hydrogen-bond acceptors (Lipinski definition) is 3. The van der Waals surface area contributed by atoms with E-state index >= 15 is 0 Å². The van der Waals surface area contributed by atoms with E-state index in [1.165, 1.54) is 12.2 Å². The van der Waals surface area contributed by atoms with Crippen LogP contribution < -0.4 is 0 Å². The number of carbonyl (C=O) groups is 2. The molecule has 0 spiro atoms. The van der Waals surface area contributed by atoms with Gasteiger partial charge in [-0.3, -0.25) is 9.59 Å². The molecule has 0 aliphatic carbocycles. The number of hydrogen-bond donors (Lipinski definition) is 0. The molecule has 3 aliphatic heterocycles. The number of rotatable bonds is 3. The Kier molecular flexibility index (Phi) is 4.24.